The Morgan fingerprint density at radius 2 is 1.97 bits per heavy atom. The molecule has 1 fully saturated rings. The third-order valence-electron chi connectivity index (χ3n) is 5.75. The van der Waals surface area contributed by atoms with Gasteiger partial charge in [0, 0.05) is 48.4 Å². The first-order valence-corrected chi connectivity index (χ1v) is 11.4. The number of aryl methyl sites for hydroxylation is 1. The predicted molar refractivity (Wildman–Crippen MR) is 119 cm³/mol. The van der Waals surface area contributed by atoms with Crippen LogP contribution in [0, 0.1) is 12.8 Å². The molecule has 2 N–H and O–H groups in total. The fourth-order valence-corrected chi connectivity index (χ4v) is 5.50. The first-order valence-electron chi connectivity index (χ1n) is 10.1. The fraction of sp³-hybridized carbons (Fsp3) is 0.409. The van der Waals surface area contributed by atoms with E-state index >= 15 is 0 Å². The summed E-state index contributed by atoms with van der Waals surface area (Å²) < 4.78 is 39.4. The molecule has 6 nitrogen and oxygen atoms in total. The van der Waals surface area contributed by atoms with Gasteiger partial charge in [0.1, 0.15) is 0 Å². The van der Waals surface area contributed by atoms with Gasteiger partial charge < -0.3 is 15.5 Å². The number of piperidine rings is 1. The number of rotatable bonds is 4. The summed E-state index contributed by atoms with van der Waals surface area (Å²) in [6.45, 7) is 2.18. The summed E-state index contributed by atoms with van der Waals surface area (Å²) in [5.74, 6) is -2.98. The Morgan fingerprint density at radius 3 is 2.55 bits per heavy atom. The van der Waals surface area contributed by atoms with Crippen LogP contribution >= 0.6 is 22.9 Å². The van der Waals surface area contributed by atoms with Crippen LogP contribution < -0.4 is 5.73 Å². The Hall–Kier alpha value is -2.59. The van der Waals surface area contributed by atoms with E-state index in [2.05, 4.69) is 0 Å². The Morgan fingerprint density at radius 1 is 1.27 bits per heavy atom. The maximum Gasteiger partial charge on any atom is 0.416 e. The molecule has 2 heterocycles. The zero-order valence-corrected chi connectivity index (χ0v) is 19.6. The van der Waals surface area contributed by atoms with E-state index in [1.807, 2.05) is 18.4 Å². The minimum atomic E-state index is -4.55. The minimum absolute atomic E-state index is 0.0565. The molecule has 2 aromatic rings. The monoisotopic (exact) mass is 501 g/mol. The molecule has 1 aliphatic rings. The summed E-state index contributed by atoms with van der Waals surface area (Å²) >= 11 is 7.32. The molecule has 0 spiro atoms. The molecule has 33 heavy (non-hydrogen) atoms. The molecular weight excluding hydrogens is 479 g/mol. The summed E-state index contributed by atoms with van der Waals surface area (Å²) in [5.41, 5.74) is 5.49. The SMILES string of the molecule is Cc1ccsc1[C@H]1CN(C(=O)C(N)=O)CC[C@@H]1C(=O)N(C)Cc1cc(Cl)cc(C(F)(F)F)c1. The second-order valence-electron chi connectivity index (χ2n) is 8.13. The quantitative estimate of drug-likeness (QED) is 0.647. The van der Waals surface area contributed by atoms with Crippen molar-refractivity contribution in [1.29, 1.82) is 0 Å². The molecule has 11 heteroatoms. The zero-order chi connectivity index (χ0) is 24.5. The lowest BCUT2D eigenvalue weighted by Gasteiger charge is -2.38. The second kappa shape index (κ2) is 9.72. The van der Waals surface area contributed by atoms with Gasteiger partial charge in [-0.2, -0.15) is 13.2 Å². The number of carbonyl (C=O) groups is 3. The van der Waals surface area contributed by atoms with Crippen molar-refractivity contribution in [2.45, 2.75) is 32.0 Å². The molecule has 1 aliphatic heterocycles. The lowest BCUT2D eigenvalue weighted by molar-refractivity contribution is -0.147. The van der Waals surface area contributed by atoms with Crippen molar-refractivity contribution < 1.29 is 27.6 Å². The van der Waals surface area contributed by atoms with Crippen LogP contribution in [0.15, 0.2) is 29.6 Å². The average molecular weight is 502 g/mol. The van der Waals surface area contributed by atoms with Crippen molar-refractivity contribution in [2.75, 3.05) is 20.1 Å². The standard InChI is InChI=1S/C22H23ClF3N3O3S/c1-12-4-6-33-18(12)17-11-29(21(32)19(27)30)5-3-16(17)20(31)28(2)10-13-7-14(22(24,25)26)9-15(23)8-13/h4,6-9,16-17H,3,5,10-11H2,1-2H3,(H2,27,30)/t16-,17-/m0/s1. The summed E-state index contributed by atoms with van der Waals surface area (Å²) in [7, 11) is 1.52. The van der Waals surface area contributed by atoms with Crippen molar-refractivity contribution in [3.63, 3.8) is 0 Å². The predicted octanol–water partition coefficient (Wildman–Crippen LogP) is 3.80. The molecule has 0 unspecified atom stereocenters. The number of benzene rings is 1. The van der Waals surface area contributed by atoms with Gasteiger partial charge in [-0.05, 0) is 54.1 Å². The smallest absolute Gasteiger partial charge is 0.361 e. The molecule has 0 bridgehead atoms. The van der Waals surface area contributed by atoms with E-state index in [4.69, 9.17) is 17.3 Å². The van der Waals surface area contributed by atoms with Crippen LogP contribution in [0.3, 0.4) is 0 Å². The van der Waals surface area contributed by atoms with E-state index in [0.717, 1.165) is 22.6 Å². The number of nitrogens with two attached hydrogens (primary N) is 1. The summed E-state index contributed by atoms with van der Waals surface area (Å²) in [6, 6.07) is 5.12. The summed E-state index contributed by atoms with van der Waals surface area (Å²) in [6.07, 6.45) is -4.25. The third kappa shape index (κ3) is 5.67. The minimum Gasteiger partial charge on any atom is -0.361 e. The molecule has 2 atom stereocenters. The van der Waals surface area contributed by atoms with E-state index in [1.54, 1.807) is 0 Å². The van der Waals surface area contributed by atoms with E-state index in [0.29, 0.717) is 6.42 Å². The third-order valence-corrected chi connectivity index (χ3v) is 7.12. The highest BCUT2D eigenvalue weighted by atomic mass is 35.5. The molecule has 1 aromatic carbocycles. The van der Waals surface area contributed by atoms with E-state index in [9.17, 15) is 27.6 Å². The van der Waals surface area contributed by atoms with E-state index in [-0.39, 0.29) is 42.0 Å². The summed E-state index contributed by atoms with van der Waals surface area (Å²) in [4.78, 5) is 40.5. The van der Waals surface area contributed by atoms with Gasteiger partial charge in [-0.25, -0.2) is 0 Å². The van der Waals surface area contributed by atoms with Gasteiger partial charge >= 0.3 is 18.0 Å². The second-order valence-corrected chi connectivity index (χ2v) is 9.51. The zero-order valence-electron chi connectivity index (χ0n) is 18.0. The van der Waals surface area contributed by atoms with Crippen LogP contribution in [0.5, 0.6) is 0 Å². The highest BCUT2D eigenvalue weighted by molar-refractivity contribution is 7.10. The van der Waals surface area contributed by atoms with Gasteiger partial charge in [0.15, 0.2) is 0 Å². The summed E-state index contributed by atoms with van der Waals surface area (Å²) in [5, 5.41) is 1.82. The topological polar surface area (TPSA) is 83.7 Å². The van der Waals surface area contributed by atoms with Gasteiger partial charge in [0.2, 0.25) is 5.91 Å². The van der Waals surface area contributed by atoms with Crippen LogP contribution in [0.25, 0.3) is 0 Å². The Bertz CT molecular complexity index is 1070. The molecule has 1 aromatic heterocycles. The maximum absolute atomic E-state index is 13.4. The molecular formula is C22H23ClF3N3O3S. The Labute approximate surface area is 198 Å². The molecule has 0 radical (unpaired) electrons. The number of halogens is 4. The number of thiophene rings is 1. The van der Waals surface area contributed by atoms with Gasteiger partial charge in [-0.3, -0.25) is 14.4 Å². The Balaban J connectivity index is 1.84. The van der Waals surface area contributed by atoms with Gasteiger partial charge in [0.25, 0.3) is 0 Å². The number of nitrogens with zero attached hydrogens (tertiary/aromatic N) is 2. The van der Waals surface area contributed by atoms with Crippen molar-refractivity contribution in [3.8, 4) is 0 Å². The van der Waals surface area contributed by atoms with Crippen molar-refractivity contribution >= 4 is 40.7 Å². The number of hydrogen-bond donors (Lipinski definition) is 1. The fourth-order valence-electron chi connectivity index (χ4n) is 4.16. The van der Waals surface area contributed by atoms with E-state index < -0.39 is 29.5 Å². The van der Waals surface area contributed by atoms with Crippen LogP contribution in [-0.4, -0.2) is 47.7 Å². The normalized spacial score (nSPS) is 18.8. The molecule has 1 saturated heterocycles. The molecule has 3 amide bonds. The largest absolute Gasteiger partial charge is 0.416 e. The number of hydrogen-bond acceptors (Lipinski definition) is 4. The number of amides is 3. The number of carbonyl (C=O) groups excluding carboxylic acids is 3. The Kier molecular flexibility index (Phi) is 7.38. The van der Waals surface area contributed by atoms with Gasteiger partial charge in [-0.15, -0.1) is 11.3 Å². The van der Waals surface area contributed by atoms with Crippen LogP contribution in [0.4, 0.5) is 13.2 Å². The van der Waals surface area contributed by atoms with Gasteiger partial charge in [-0.1, -0.05) is 11.6 Å². The highest BCUT2D eigenvalue weighted by Gasteiger charge is 2.40. The van der Waals surface area contributed by atoms with Crippen LogP contribution in [-0.2, 0) is 27.1 Å². The number of primary amides is 1. The van der Waals surface area contributed by atoms with Crippen molar-refractivity contribution in [3.05, 3.63) is 56.2 Å². The average Bonchev–Trinajstić information content (AvgIpc) is 3.16. The molecule has 0 saturated carbocycles. The van der Waals surface area contributed by atoms with Crippen molar-refractivity contribution in [2.24, 2.45) is 11.7 Å². The number of alkyl halides is 3. The maximum atomic E-state index is 13.4. The number of likely N-dealkylation sites (tertiary alicyclic amines) is 1. The molecule has 3 rings (SSSR count). The molecule has 178 valence electrons. The lowest BCUT2D eigenvalue weighted by Crippen LogP contribution is -2.50. The molecule has 0 aliphatic carbocycles. The van der Waals surface area contributed by atoms with Gasteiger partial charge in [0.05, 0.1) is 5.56 Å². The van der Waals surface area contributed by atoms with Crippen molar-refractivity contribution in [1.82, 2.24) is 9.80 Å². The first-order chi connectivity index (χ1) is 15.4. The highest BCUT2D eigenvalue weighted by Crippen LogP contribution is 2.38. The first kappa shape index (κ1) is 25.0. The van der Waals surface area contributed by atoms with Crippen LogP contribution in [0.1, 0.15) is 33.9 Å². The lowest BCUT2D eigenvalue weighted by atomic mass is 9.82. The van der Waals surface area contributed by atoms with E-state index in [1.165, 1.54) is 34.3 Å². The van der Waals surface area contributed by atoms with Crippen LogP contribution in [0.2, 0.25) is 5.02 Å².